The Kier molecular flexibility index (Phi) is 5.80. The van der Waals surface area contributed by atoms with Crippen molar-refractivity contribution in [1.29, 1.82) is 0 Å². The quantitative estimate of drug-likeness (QED) is 0.575. The summed E-state index contributed by atoms with van der Waals surface area (Å²) >= 11 is 9.06. The second-order valence-corrected chi connectivity index (χ2v) is 8.55. The number of nitrogens with one attached hydrogen (secondary N) is 1. The predicted octanol–water partition coefficient (Wildman–Crippen LogP) is 3.85. The van der Waals surface area contributed by atoms with Crippen molar-refractivity contribution < 1.29 is 4.79 Å². The largest absolute Gasteiger partial charge is 0.391 e. The van der Waals surface area contributed by atoms with Crippen molar-refractivity contribution in [2.24, 2.45) is 5.73 Å². The summed E-state index contributed by atoms with van der Waals surface area (Å²) in [7, 11) is 0. The summed E-state index contributed by atoms with van der Waals surface area (Å²) in [6.45, 7) is 0. The molecule has 1 saturated carbocycles. The van der Waals surface area contributed by atoms with Gasteiger partial charge in [-0.2, -0.15) is 0 Å². The topological polar surface area (TPSA) is 55.1 Å². The molecule has 3 N–H and O–H groups in total. The smallest absolute Gasteiger partial charge is 0.252 e. The molecule has 0 aliphatic heterocycles. The Morgan fingerprint density at radius 3 is 2.40 bits per heavy atom. The van der Waals surface area contributed by atoms with Gasteiger partial charge in [0.2, 0.25) is 0 Å². The van der Waals surface area contributed by atoms with Crippen LogP contribution in [0.2, 0.25) is 0 Å². The summed E-state index contributed by atoms with van der Waals surface area (Å²) in [5, 5.41) is 5.01. The number of halogens is 1. The molecule has 1 amide bonds. The number of nitrogens with two attached hydrogens (primary N) is 1. The zero-order valence-electron chi connectivity index (χ0n) is 11.3. The number of thiocarbonyl (C=S) groups is 1. The molecule has 0 unspecified atom stereocenters. The molecule has 1 aliphatic rings. The molecule has 0 atom stereocenters. The Morgan fingerprint density at radius 1 is 1.30 bits per heavy atom. The molecule has 1 fully saturated rings. The minimum atomic E-state index is -0.500. The van der Waals surface area contributed by atoms with Gasteiger partial charge in [-0.15, -0.1) is 11.3 Å². The fraction of sp³-hybridized carbons (Fsp3) is 0.571. The maximum atomic E-state index is 12.4. The molecule has 110 valence electrons. The molecule has 0 aromatic carbocycles. The number of carbonyl (C=O) groups is 1. The summed E-state index contributed by atoms with van der Waals surface area (Å²) in [4.78, 5) is 12.8. The van der Waals surface area contributed by atoms with E-state index in [2.05, 4.69) is 27.9 Å². The highest BCUT2D eigenvalue weighted by Gasteiger charge is 2.35. The molecule has 0 saturated heterocycles. The van der Waals surface area contributed by atoms with Gasteiger partial charge in [0.15, 0.2) is 0 Å². The van der Waals surface area contributed by atoms with Crippen LogP contribution in [0.3, 0.4) is 0 Å². The van der Waals surface area contributed by atoms with E-state index in [1.54, 1.807) is 11.3 Å². The van der Waals surface area contributed by atoms with Crippen LogP contribution in [0.5, 0.6) is 0 Å². The van der Waals surface area contributed by atoms with Gasteiger partial charge in [0.1, 0.15) is 0 Å². The molecule has 0 radical (unpaired) electrons. The first-order chi connectivity index (χ1) is 9.53. The summed E-state index contributed by atoms with van der Waals surface area (Å²) in [5.74, 6) is -0.0578. The molecule has 20 heavy (non-hydrogen) atoms. The Labute approximate surface area is 142 Å². The van der Waals surface area contributed by atoms with E-state index in [-0.39, 0.29) is 5.91 Å². The van der Waals surface area contributed by atoms with Gasteiger partial charge in [-0.1, -0.05) is 44.3 Å². The lowest BCUT2D eigenvalue weighted by molar-refractivity contribution is 0.0913. The van der Waals surface area contributed by atoms with Gasteiger partial charge in [0.25, 0.3) is 5.91 Å². The molecule has 1 aromatic rings. The molecule has 1 aliphatic carbocycles. The van der Waals surface area contributed by atoms with E-state index in [9.17, 15) is 4.79 Å². The van der Waals surface area contributed by atoms with Gasteiger partial charge >= 0.3 is 0 Å². The number of rotatable bonds is 3. The molecule has 6 heteroatoms. The molecular weight excluding hydrogens is 403 g/mol. The third kappa shape index (κ3) is 3.92. The van der Waals surface area contributed by atoms with Crippen LogP contribution in [0.25, 0.3) is 0 Å². The van der Waals surface area contributed by atoms with Crippen LogP contribution in [0.4, 0.5) is 0 Å². The normalized spacial score (nSPS) is 18.9. The zero-order valence-corrected chi connectivity index (χ0v) is 15.1. The third-order valence-electron chi connectivity index (χ3n) is 3.86. The van der Waals surface area contributed by atoms with Crippen molar-refractivity contribution in [3.8, 4) is 0 Å². The van der Waals surface area contributed by atoms with Crippen LogP contribution < -0.4 is 11.1 Å². The van der Waals surface area contributed by atoms with Crippen molar-refractivity contribution in [2.45, 2.75) is 50.5 Å². The first-order valence-corrected chi connectivity index (χ1v) is 9.27. The maximum Gasteiger partial charge on any atom is 0.252 e. The van der Waals surface area contributed by atoms with Gasteiger partial charge in [-0.3, -0.25) is 4.79 Å². The fourth-order valence-corrected chi connectivity index (χ4v) is 4.24. The highest BCUT2D eigenvalue weighted by molar-refractivity contribution is 14.1. The molecular formula is C14H19IN2OS2. The highest BCUT2D eigenvalue weighted by Crippen LogP contribution is 2.28. The second-order valence-electron chi connectivity index (χ2n) is 5.31. The van der Waals surface area contributed by atoms with Crippen molar-refractivity contribution in [1.82, 2.24) is 5.32 Å². The first kappa shape index (κ1) is 16.2. The lowest BCUT2D eigenvalue weighted by atomic mass is 9.83. The summed E-state index contributed by atoms with van der Waals surface area (Å²) in [6, 6.07) is 1.90. The number of amides is 1. The van der Waals surface area contributed by atoms with E-state index >= 15 is 0 Å². The summed E-state index contributed by atoms with van der Waals surface area (Å²) in [6.07, 6.45) is 7.50. The predicted molar refractivity (Wildman–Crippen MR) is 96.3 cm³/mol. The minimum absolute atomic E-state index is 0.0578. The third-order valence-corrected chi connectivity index (χ3v) is 6.04. The molecule has 0 bridgehead atoms. The molecule has 2 rings (SSSR count). The monoisotopic (exact) mass is 422 g/mol. The molecule has 3 nitrogen and oxygen atoms in total. The lowest BCUT2D eigenvalue weighted by Crippen LogP contribution is -2.56. The van der Waals surface area contributed by atoms with Crippen LogP contribution in [0, 0.1) is 2.88 Å². The van der Waals surface area contributed by atoms with E-state index in [0.29, 0.717) is 10.6 Å². The van der Waals surface area contributed by atoms with Crippen LogP contribution in [0.15, 0.2) is 11.4 Å². The van der Waals surface area contributed by atoms with Crippen molar-refractivity contribution in [3.05, 3.63) is 19.9 Å². The van der Waals surface area contributed by atoms with E-state index in [4.69, 9.17) is 18.0 Å². The van der Waals surface area contributed by atoms with Crippen molar-refractivity contribution in [3.63, 3.8) is 0 Å². The average molecular weight is 422 g/mol. The van der Waals surface area contributed by atoms with E-state index in [1.165, 1.54) is 19.3 Å². The lowest BCUT2D eigenvalue weighted by Gasteiger charge is -2.35. The van der Waals surface area contributed by atoms with Crippen molar-refractivity contribution in [2.75, 3.05) is 0 Å². The van der Waals surface area contributed by atoms with Gasteiger partial charge in [0, 0.05) is 5.38 Å². The molecule has 1 aromatic heterocycles. The van der Waals surface area contributed by atoms with Gasteiger partial charge in [0.05, 0.1) is 19.0 Å². The summed E-state index contributed by atoms with van der Waals surface area (Å²) in [5.41, 5.74) is 6.18. The van der Waals surface area contributed by atoms with Crippen LogP contribution in [-0.4, -0.2) is 16.4 Å². The fourth-order valence-electron chi connectivity index (χ4n) is 2.66. The maximum absolute atomic E-state index is 12.4. The van der Waals surface area contributed by atoms with Crippen LogP contribution in [0.1, 0.15) is 55.3 Å². The number of carbonyl (C=O) groups excluding carboxylic acids is 1. The van der Waals surface area contributed by atoms with Crippen LogP contribution >= 0.6 is 46.1 Å². The molecule has 0 spiro atoms. The Morgan fingerprint density at radius 2 is 1.90 bits per heavy atom. The summed E-state index contributed by atoms with van der Waals surface area (Å²) < 4.78 is 1.11. The van der Waals surface area contributed by atoms with E-state index in [1.807, 2.05) is 11.4 Å². The minimum Gasteiger partial charge on any atom is -0.391 e. The Hall–Kier alpha value is -0.210. The van der Waals surface area contributed by atoms with E-state index in [0.717, 1.165) is 28.6 Å². The van der Waals surface area contributed by atoms with Gasteiger partial charge in [-0.25, -0.2) is 0 Å². The SMILES string of the molecule is NC(=S)C1(NC(=O)c2csc(I)c2)CCCCCCC1. The van der Waals surface area contributed by atoms with Gasteiger partial charge < -0.3 is 11.1 Å². The second kappa shape index (κ2) is 7.17. The van der Waals surface area contributed by atoms with Crippen LogP contribution in [-0.2, 0) is 0 Å². The standard InChI is InChI=1S/C14H19IN2OS2/c15-11-8-10(9-20-11)12(18)17-14(13(16)19)6-4-2-1-3-5-7-14/h8-9H,1-7H2,(H2,16,19)(H,17,18). The molecule has 1 heterocycles. The number of thiophene rings is 1. The Balaban J connectivity index is 2.15. The number of hydrogen-bond acceptors (Lipinski definition) is 3. The first-order valence-electron chi connectivity index (χ1n) is 6.90. The Bertz CT molecular complexity index is 493. The van der Waals surface area contributed by atoms with Crippen molar-refractivity contribution >= 4 is 57.0 Å². The highest BCUT2D eigenvalue weighted by atomic mass is 127. The van der Waals surface area contributed by atoms with Gasteiger partial charge in [-0.05, 0) is 41.5 Å². The average Bonchev–Trinajstić information content (AvgIpc) is 2.79. The van der Waals surface area contributed by atoms with E-state index < -0.39 is 5.54 Å². The number of hydrogen-bond donors (Lipinski definition) is 2. The zero-order chi connectivity index (χ0) is 14.6.